The van der Waals surface area contributed by atoms with Crippen LogP contribution < -0.4 is 5.32 Å². The Morgan fingerprint density at radius 3 is 2.75 bits per heavy atom. The maximum Gasteiger partial charge on any atom is 0.230 e. The number of carbonyl (C=O) groups is 1. The maximum absolute atomic E-state index is 12.1. The van der Waals surface area contributed by atoms with Crippen LogP contribution in [-0.4, -0.2) is 16.6 Å². The van der Waals surface area contributed by atoms with Crippen LogP contribution in [0.15, 0.2) is 48.5 Å². The molecule has 0 saturated carbocycles. The highest BCUT2D eigenvalue weighted by Gasteiger charge is 2.10. The zero-order chi connectivity index (χ0) is 16.9. The van der Waals surface area contributed by atoms with Gasteiger partial charge in [0.2, 0.25) is 5.91 Å². The number of amides is 1. The normalized spacial score (nSPS) is 12.2. The Kier molecular flexibility index (Phi) is 5.76. The lowest BCUT2D eigenvalue weighted by molar-refractivity contribution is -0.119. The van der Waals surface area contributed by atoms with Gasteiger partial charge in [-0.1, -0.05) is 35.9 Å². The second kappa shape index (κ2) is 8.01. The molecule has 0 bridgehead atoms. The molecule has 0 spiro atoms. The van der Waals surface area contributed by atoms with E-state index in [1.807, 2.05) is 49.4 Å². The van der Waals surface area contributed by atoms with Crippen molar-refractivity contribution in [2.75, 3.05) is 5.75 Å². The van der Waals surface area contributed by atoms with Crippen LogP contribution in [0.5, 0.6) is 0 Å². The highest BCUT2D eigenvalue weighted by atomic mass is 35.5. The summed E-state index contributed by atoms with van der Waals surface area (Å²) in [6.45, 7) is 1.97. The molecule has 6 heteroatoms. The summed E-state index contributed by atoms with van der Waals surface area (Å²) >= 11 is 9.15. The van der Waals surface area contributed by atoms with Crippen LogP contribution in [0.1, 0.15) is 23.5 Å². The number of para-hydroxylation sites is 1. The van der Waals surface area contributed by atoms with Gasteiger partial charge in [-0.3, -0.25) is 4.79 Å². The summed E-state index contributed by atoms with van der Waals surface area (Å²) in [6.07, 6.45) is 0. The third-order valence-electron chi connectivity index (χ3n) is 3.54. The van der Waals surface area contributed by atoms with Gasteiger partial charge in [-0.2, -0.15) is 0 Å². The fourth-order valence-corrected chi connectivity index (χ4v) is 4.31. The Balaban J connectivity index is 1.47. The van der Waals surface area contributed by atoms with Crippen LogP contribution >= 0.6 is 34.7 Å². The third-order valence-corrected chi connectivity index (χ3v) is 5.96. The second-order valence-electron chi connectivity index (χ2n) is 5.41. The Hall–Kier alpha value is -1.56. The monoisotopic (exact) mass is 376 g/mol. The van der Waals surface area contributed by atoms with Gasteiger partial charge in [0, 0.05) is 10.8 Å². The lowest BCUT2D eigenvalue weighted by Crippen LogP contribution is -2.28. The van der Waals surface area contributed by atoms with E-state index < -0.39 is 0 Å². The van der Waals surface area contributed by atoms with Crippen molar-refractivity contribution in [3.63, 3.8) is 0 Å². The number of hydrogen-bond donors (Lipinski definition) is 1. The number of thiazole rings is 1. The molecule has 1 atom stereocenters. The molecule has 0 radical (unpaired) electrons. The molecule has 124 valence electrons. The fraction of sp³-hybridized carbons (Fsp3) is 0.222. The van der Waals surface area contributed by atoms with E-state index in [1.54, 1.807) is 23.1 Å². The van der Waals surface area contributed by atoms with E-state index in [0.29, 0.717) is 10.8 Å². The van der Waals surface area contributed by atoms with Crippen molar-refractivity contribution in [2.24, 2.45) is 0 Å². The Bertz CT molecular complexity index is 799. The molecular formula is C18H17ClN2OS2. The minimum atomic E-state index is -0.0298. The van der Waals surface area contributed by atoms with Crippen LogP contribution in [0.25, 0.3) is 10.2 Å². The van der Waals surface area contributed by atoms with Gasteiger partial charge in [0.15, 0.2) is 0 Å². The SMILES string of the molecule is CC(NC(=O)CSCc1nc2ccccc2s1)c1ccc(Cl)cc1. The first kappa shape index (κ1) is 17.3. The molecule has 0 aliphatic rings. The molecule has 1 amide bonds. The summed E-state index contributed by atoms with van der Waals surface area (Å²) in [5.41, 5.74) is 2.07. The number of halogens is 1. The van der Waals surface area contributed by atoms with E-state index in [-0.39, 0.29) is 11.9 Å². The summed E-state index contributed by atoms with van der Waals surface area (Å²) in [5.74, 6) is 1.21. The van der Waals surface area contributed by atoms with Crippen LogP contribution in [0.4, 0.5) is 0 Å². The fourth-order valence-electron chi connectivity index (χ4n) is 2.33. The van der Waals surface area contributed by atoms with Crippen molar-refractivity contribution < 1.29 is 4.79 Å². The molecule has 2 aromatic carbocycles. The number of aromatic nitrogens is 1. The average molecular weight is 377 g/mol. The quantitative estimate of drug-likeness (QED) is 0.653. The van der Waals surface area contributed by atoms with Gasteiger partial charge < -0.3 is 5.32 Å². The third kappa shape index (κ3) is 4.50. The molecule has 3 nitrogen and oxygen atoms in total. The van der Waals surface area contributed by atoms with E-state index in [2.05, 4.69) is 16.4 Å². The van der Waals surface area contributed by atoms with Crippen molar-refractivity contribution >= 4 is 50.8 Å². The number of thioether (sulfide) groups is 1. The van der Waals surface area contributed by atoms with E-state index >= 15 is 0 Å². The van der Waals surface area contributed by atoms with Gasteiger partial charge in [-0.05, 0) is 36.8 Å². The van der Waals surface area contributed by atoms with E-state index in [0.717, 1.165) is 21.8 Å². The number of nitrogens with zero attached hydrogens (tertiary/aromatic N) is 1. The van der Waals surface area contributed by atoms with Gasteiger partial charge in [-0.25, -0.2) is 4.98 Å². The van der Waals surface area contributed by atoms with E-state index in [4.69, 9.17) is 11.6 Å². The molecule has 0 fully saturated rings. The topological polar surface area (TPSA) is 42.0 Å². The maximum atomic E-state index is 12.1. The summed E-state index contributed by atoms with van der Waals surface area (Å²) in [5, 5.41) is 4.76. The smallest absolute Gasteiger partial charge is 0.230 e. The minimum absolute atomic E-state index is 0.0298. The minimum Gasteiger partial charge on any atom is -0.349 e. The zero-order valence-corrected chi connectivity index (χ0v) is 15.5. The predicted molar refractivity (Wildman–Crippen MR) is 104 cm³/mol. The molecule has 0 aliphatic carbocycles. The largest absolute Gasteiger partial charge is 0.349 e. The molecule has 0 saturated heterocycles. The van der Waals surface area contributed by atoms with Gasteiger partial charge in [0.05, 0.1) is 22.0 Å². The Morgan fingerprint density at radius 1 is 1.25 bits per heavy atom. The molecule has 3 aromatic rings. The van der Waals surface area contributed by atoms with Crippen LogP contribution in [0.2, 0.25) is 5.02 Å². The van der Waals surface area contributed by atoms with Gasteiger partial charge in [0.25, 0.3) is 0 Å². The first-order valence-corrected chi connectivity index (χ1v) is 9.94. The van der Waals surface area contributed by atoms with Crippen molar-refractivity contribution in [3.05, 3.63) is 64.1 Å². The lowest BCUT2D eigenvalue weighted by atomic mass is 10.1. The number of rotatable bonds is 6. The first-order valence-electron chi connectivity index (χ1n) is 7.59. The Labute approximate surface area is 154 Å². The Morgan fingerprint density at radius 2 is 2.00 bits per heavy atom. The van der Waals surface area contributed by atoms with E-state index in [9.17, 15) is 4.79 Å². The van der Waals surface area contributed by atoms with Crippen molar-refractivity contribution in [1.29, 1.82) is 0 Å². The molecular weight excluding hydrogens is 360 g/mol. The van der Waals surface area contributed by atoms with E-state index in [1.165, 1.54) is 4.70 Å². The van der Waals surface area contributed by atoms with Crippen LogP contribution in [0.3, 0.4) is 0 Å². The first-order chi connectivity index (χ1) is 11.6. The molecule has 1 unspecified atom stereocenters. The number of benzene rings is 2. The zero-order valence-electron chi connectivity index (χ0n) is 13.2. The molecule has 0 aliphatic heterocycles. The van der Waals surface area contributed by atoms with Gasteiger partial charge in [-0.15, -0.1) is 23.1 Å². The summed E-state index contributed by atoms with van der Waals surface area (Å²) < 4.78 is 1.19. The second-order valence-corrected chi connectivity index (χ2v) is 7.95. The summed E-state index contributed by atoms with van der Waals surface area (Å²) in [6, 6.07) is 15.6. The number of fused-ring (bicyclic) bond motifs is 1. The molecule has 1 heterocycles. The predicted octanol–water partition coefficient (Wildman–Crippen LogP) is 5.06. The van der Waals surface area contributed by atoms with Gasteiger partial charge in [0.1, 0.15) is 5.01 Å². The molecule has 3 rings (SSSR count). The average Bonchev–Trinajstić information content (AvgIpc) is 2.98. The van der Waals surface area contributed by atoms with Crippen molar-refractivity contribution in [1.82, 2.24) is 10.3 Å². The highest BCUT2D eigenvalue weighted by molar-refractivity contribution is 7.99. The van der Waals surface area contributed by atoms with Gasteiger partial charge >= 0.3 is 0 Å². The summed E-state index contributed by atoms with van der Waals surface area (Å²) in [7, 11) is 0. The molecule has 24 heavy (non-hydrogen) atoms. The van der Waals surface area contributed by atoms with Crippen molar-refractivity contribution in [2.45, 2.75) is 18.7 Å². The number of carbonyl (C=O) groups excluding carboxylic acids is 1. The molecule has 1 N–H and O–H groups in total. The molecule has 1 aromatic heterocycles. The van der Waals surface area contributed by atoms with Crippen LogP contribution in [-0.2, 0) is 10.5 Å². The summed E-state index contributed by atoms with van der Waals surface area (Å²) in [4.78, 5) is 16.7. The highest BCUT2D eigenvalue weighted by Crippen LogP contribution is 2.24. The standard InChI is InChI=1S/C18H17ClN2OS2/c1-12(13-6-8-14(19)9-7-13)20-17(22)10-23-11-18-21-15-4-2-3-5-16(15)24-18/h2-9,12H,10-11H2,1H3,(H,20,22). The van der Waals surface area contributed by atoms with Crippen molar-refractivity contribution in [3.8, 4) is 0 Å². The lowest BCUT2D eigenvalue weighted by Gasteiger charge is -2.14. The number of hydrogen-bond acceptors (Lipinski definition) is 4. The van der Waals surface area contributed by atoms with Crippen LogP contribution in [0, 0.1) is 0 Å². The number of nitrogens with one attached hydrogen (secondary N) is 1.